The first kappa shape index (κ1) is 12.3. The zero-order valence-electron chi connectivity index (χ0n) is 10.3. The summed E-state index contributed by atoms with van der Waals surface area (Å²) in [6.07, 6.45) is 5.85. The van der Waals surface area contributed by atoms with Crippen molar-refractivity contribution in [2.24, 2.45) is 5.92 Å². The van der Waals surface area contributed by atoms with Crippen molar-refractivity contribution in [3.05, 3.63) is 0 Å². The topological polar surface area (TPSA) is 32.3 Å². The standard InChI is InChI=1S/C12H24N2O/c1-4-9-13-12(15)14(3)11-7-5-10(2)6-8-11/h10-11H,4-9H2,1-3H3,(H,13,15). The molecule has 0 heterocycles. The molecule has 1 fully saturated rings. The number of nitrogens with zero attached hydrogens (tertiary/aromatic N) is 1. The van der Waals surface area contributed by atoms with Crippen molar-refractivity contribution in [2.45, 2.75) is 52.0 Å². The van der Waals surface area contributed by atoms with Gasteiger partial charge in [0.2, 0.25) is 0 Å². The van der Waals surface area contributed by atoms with Gasteiger partial charge in [-0.15, -0.1) is 0 Å². The van der Waals surface area contributed by atoms with Gasteiger partial charge in [-0.3, -0.25) is 0 Å². The predicted octanol–water partition coefficient (Wildman–Crippen LogP) is 2.62. The number of hydrogen-bond acceptors (Lipinski definition) is 1. The summed E-state index contributed by atoms with van der Waals surface area (Å²) in [5.41, 5.74) is 0. The van der Waals surface area contributed by atoms with E-state index in [1.165, 1.54) is 12.8 Å². The van der Waals surface area contributed by atoms with Crippen LogP contribution < -0.4 is 5.32 Å². The molecule has 88 valence electrons. The number of nitrogens with one attached hydrogen (secondary N) is 1. The quantitative estimate of drug-likeness (QED) is 0.766. The molecule has 15 heavy (non-hydrogen) atoms. The molecule has 0 saturated heterocycles. The molecule has 1 rings (SSSR count). The molecule has 0 radical (unpaired) electrons. The van der Waals surface area contributed by atoms with E-state index in [1.54, 1.807) is 0 Å². The first-order chi connectivity index (χ1) is 7.15. The number of amides is 2. The van der Waals surface area contributed by atoms with E-state index in [4.69, 9.17) is 0 Å². The van der Waals surface area contributed by atoms with Gasteiger partial charge in [-0.2, -0.15) is 0 Å². The number of rotatable bonds is 3. The van der Waals surface area contributed by atoms with Crippen LogP contribution in [0.25, 0.3) is 0 Å². The van der Waals surface area contributed by atoms with Gasteiger partial charge in [0.15, 0.2) is 0 Å². The second-order valence-electron chi connectivity index (χ2n) is 4.76. The average Bonchev–Trinajstić information content (AvgIpc) is 2.26. The third-order valence-corrected chi connectivity index (χ3v) is 3.38. The van der Waals surface area contributed by atoms with Crippen LogP contribution in [0.3, 0.4) is 0 Å². The van der Waals surface area contributed by atoms with E-state index in [1.807, 2.05) is 11.9 Å². The van der Waals surface area contributed by atoms with E-state index in [0.717, 1.165) is 31.7 Å². The second kappa shape index (κ2) is 5.99. The molecule has 2 amide bonds. The Morgan fingerprint density at radius 2 is 1.93 bits per heavy atom. The van der Waals surface area contributed by atoms with Crippen LogP contribution in [0, 0.1) is 5.92 Å². The van der Waals surface area contributed by atoms with E-state index in [2.05, 4.69) is 19.2 Å². The molecule has 0 spiro atoms. The minimum absolute atomic E-state index is 0.0939. The summed E-state index contributed by atoms with van der Waals surface area (Å²) in [6.45, 7) is 5.15. The van der Waals surface area contributed by atoms with Crippen molar-refractivity contribution >= 4 is 6.03 Å². The fourth-order valence-corrected chi connectivity index (χ4v) is 2.15. The molecule has 3 heteroatoms. The Kier molecular flexibility index (Phi) is 4.92. The minimum atomic E-state index is 0.0939. The lowest BCUT2D eigenvalue weighted by molar-refractivity contribution is 0.164. The highest BCUT2D eigenvalue weighted by molar-refractivity contribution is 5.74. The first-order valence-electron chi connectivity index (χ1n) is 6.15. The van der Waals surface area contributed by atoms with Gasteiger partial charge in [-0.05, 0) is 38.0 Å². The molecule has 0 aliphatic heterocycles. The summed E-state index contributed by atoms with van der Waals surface area (Å²) in [5.74, 6) is 0.841. The third kappa shape index (κ3) is 3.73. The Morgan fingerprint density at radius 1 is 1.33 bits per heavy atom. The molecule has 0 aromatic rings. The van der Waals surface area contributed by atoms with Gasteiger partial charge in [-0.25, -0.2) is 4.79 Å². The molecular formula is C12H24N2O. The van der Waals surface area contributed by atoms with Crippen LogP contribution in [0.4, 0.5) is 4.79 Å². The second-order valence-corrected chi connectivity index (χ2v) is 4.76. The van der Waals surface area contributed by atoms with Crippen LogP contribution >= 0.6 is 0 Å². The summed E-state index contributed by atoms with van der Waals surface area (Å²) >= 11 is 0. The van der Waals surface area contributed by atoms with Crippen LogP contribution in [0.2, 0.25) is 0 Å². The molecule has 1 saturated carbocycles. The molecule has 0 aromatic heterocycles. The maximum absolute atomic E-state index is 11.7. The minimum Gasteiger partial charge on any atom is -0.338 e. The lowest BCUT2D eigenvalue weighted by Crippen LogP contribution is -2.45. The zero-order valence-corrected chi connectivity index (χ0v) is 10.3. The van der Waals surface area contributed by atoms with Gasteiger partial charge < -0.3 is 10.2 Å². The fraction of sp³-hybridized carbons (Fsp3) is 0.917. The number of urea groups is 1. The van der Waals surface area contributed by atoms with Crippen LogP contribution in [-0.2, 0) is 0 Å². The van der Waals surface area contributed by atoms with Crippen LogP contribution in [0.15, 0.2) is 0 Å². The lowest BCUT2D eigenvalue weighted by Gasteiger charge is -2.33. The van der Waals surface area contributed by atoms with Crippen molar-refractivity contribution in [2.75, 3.05) is 13.6 Å². The summed E-state index contributed by atoms with van der Waals surface area (Å²) in [4.78, 5) is 13.6. The molecule has 1 aliphatic carbocycles. The van der Waals surface area contributed by atoms with Gasteiger partial charge in [0.1, 0.15) is 0 Å². The lowest BCUT2D eigenvalue weighted by atomic mass is 9.87. The highest BCUT2D eigenvalue weighted by Gasteiger charge is 2.24. The molecule has 0 unspecified atom stereocenters. The summed E-state index contributed by atoms with van der Waals surface area (Å²) < 4.78 is 0. The van der Waals surface area contributed by atoms with Crippen LogP contribution in [-0.4, -0.2) is 30.6 Å². The molecule has 0 atom stereocenters. The molecule has 1 N–H and O–H groups in total. The monoisotopic (exact) mass is 212 g/mol. The summed E-state index contributed by atoms with van der Waals surface area (Å²) in [5, 5.41) is 2.93. The first-order valence-corrected chi connectivity index (χ1v) is 6.15. The maximum Gasteiger partial charge on any atom is 0.317 e. The summed E-state index contributed by atoms with van der Waals surface area (Å²) in [7, 11) is 1.92. The van der Waals surface area contributed by atoms with Gasteiger partial charge in [0, 0.05) is 19.6 Å². The van der Waals surface area contributed by atoms with Gasteiger partial charge in [0.25, 0.3) is 0 Å². The summed E-state index contributed by atoms with van der Waals surface area (Å²) in [6, 6.07) is 0.550. The molecule has 0 aromatic carbocycles. The maximum atomic E-state index is 11.7. The molecule has 3 nitrogen and oxygen atoms in total. The zero-order chi connectivity index (χ0) is 11.3. The molecular weight excluding hydrogens is 188 g/mol. The van der Waals surface area contributed by atoms with E-state index >= 15 is 0 Å². The van der Waals surface area contributed by atoms with Crippen molar-refractivity contribution in [3.63, 3.8) is 0 Å². The largest absolute Gasteiger partial charge is 0.338 e. The average molecular weight is 212 g/mol. The van der Waals surface area contributed by atoms with Crippen molar-refractivity contribution in [1.29, 1.82) is 0 Å². The van der Waals surface area contributed by atoms with E-state index in [0.29, 0.717) is 6.04 Å². The van der Waals surface area contributed by atoms with Crippen LogP contribution in [0.1, 0.15) is 46.0 Å². The van der Waals surface area contributed by atoms with E-state index in [-0.39, 0.29) is 6.03 Å². The van der Waals surface area contributed by atoms with Crippen molar-refractivity contribution < 1.29 is 4.79 Å². The highest BCUT2D eigenvalue weighted by atomic mass is 16.2. The fourth-order valence-electron chi connectivity index (χ4n) is 2.15. The smallest absolute Gasteiger partial charge is 0.317 e. The van der Waals surface area contributed by atoms with E-state index in [9.17, 15) is 4.79 Å². The molecule has 1 aliphatic rings. The normalized spacial score (nSPS) is 26.1. The number of carbonyl (C=O) groups excluding carboxylic acids is 1. The Hall–Kier alpha value is -0.730. The highest BCUT2D eigenvalue weighted by Crippen LogP contribution is 2.26. The Balaban J connectivity index is 2.32. The van der Waals surface area contributed by atoms with Crippen molar-refractivity contribution in [1.82, 2.24) is 10.2 Å². The SMILES string of the molecule is CCCNC(=O)N(C)C1CCC(C)CC1. The predicted molar refractivity (Wildman–Crippen MR) is 62.9 cm³/mol. The van der Waals surface area contributed by atoms with E-state index < -0.39 is 0 Å². The number of carbonyl (C=O) groups is 1. The number of hydrogen-bond donors (Lipinski definition) is 1. The Labute approximate surface area is 93.2 Å². The Bertz CT molecular complexity index is 198. The van der Waals surface area contributed by atoms with Crippen molar-refractivity contribution in [3.8, 4) is 0 Å². The van der Waals surface area contributed by atoms with Crippen LogP contribution in [0.5, 0.6) is 0 Å². The van der Waals surface area contributed by atoms with Gasteiger partial charge >= 0.3 is 6.03 Å². The Morgan fingerprint density at radius 3 is 2.47 bits per heavy atom. The van der Waals surface area contributed by atoms with Gasteiger partial charge in [-0.1, -0.05) is 13.8 Å². The third-order valence-electron chi connectivity index (χ3n) is 3.38. The molecule has 0 bridgehead atoms. The van der Waals surface area contributed by atoms with Gasteiger partial charge in [0.05, 0.1) is 0 Å².